The smallest absolute Gasteiger partial charge is 0.244 e. The predicted octanol–water partition coefficient (Wildman–Crippen LogP) is 4.09. The van der Waals surface area contributed by atoms with Gasteiger partial charge in [-0.3, -0.25) is 9.69 Å². The van der Waals surface area contributed by atoms with E-state index in [9.17, 15) is 9.18 Å². The summed E-state index contributed by atoms with van der Waals surface area (Å²) in [5.41, 5.74) is 1.18. The zero-order chi connectivity index (χ0) is 22.9. The maximum atomic E-state index is 13.9. The second kappa shape index (κ2) is 11.9. The highest BCUT2D eigenvalue weighted by Crippen LogP contribution is 2.32. The van der Waals surface area contributed by atoms with E-state index in [1.54, 1.807) is 13.2 Å². The van der Waals surface area contributed by atoms with Gasteiger partial charge in [0.05, 0.1) is 38.0 Å². The lowest BCUT2D eigenvalue weighted by Gasteiger charge is -2.35. The summed E-state index contributed by atoms with van der Waals surface area (Å²) in [7, 11) is 1.60. The number of benzene rings is 2. The molecular formula is C24H28ClFN2O4. The van der Waals surface area contributed by atoms with Crippen molar-refractivity contribution >= 4 is 23.6 Å². The van der Waals surface area contributed by atoms with E-state index in [2.05, 4.69) is 10.2 Å². The zero-order valence-electron chi connectivity index (χ0n) is 18.3. The maximum Gasteiger partial charge on any atom is 0.244 e. The first-order valence-corrected chi connectivity index (χ1v) is 10.9. The largest absolute Gasteiger partial charge is 0.493 e. The van der Waals surface area contributed by atoms with E-state index >= 15 is 0 Å². The van der Waals surface area contributed by atoms with Crippen molar-refractivity contribution in [1.82, 2.24) is 10.2 Å². The predicted molar refractivity (Wildman–Crippen MR) is 123 cm³/mol. The zero-order valence-corrected chi connectivity index (χ0v) is 19.0. The van der Waals surface area contributed by atoms with Crippen LogP contribution in [-0.4, -0.2) is 57.4 Å². The van der Waals surface area contributed by atoms with Crippen LogP contribution in [0.5, 0.6) is 11.5 Å². The highest BCUT2D eigenvalue weighted by molar-refractivity contribution is 6.32. The Kier molecular flexibility index (Phi) is 8.90. The van der Waals surface area contributed by atoms with E-state index in [0.717, 1.165) is 18.7 Å². The highest BCUT2D eigenvalue weighted by atomic mass is 35.5. The first-order valence-electron chi connectivity index (χ1n) is 10.6. The molecule has 0 bridgehead atoms. The molecular weight excluding hydrogens is 435 g/mol. The summed E-state index contributed by atoms with van der Waals surface area (Å²) in [4.78, 5) is 14.7. The van der Waals surface area contributed by atoms with Crippen LogP contribution in [0, 0.1) is 5.82 Å². The Bertz CT molecular complexity index is 927. The van der Waals surface area contributed by atoms with Gasteiger partial charge >= 0.3 is 0 Å². The van der Waals surface area contributed by atoms with Gasteiger partial charge in [-0.05, 0) is 42.8 Å². The van der Waals surface area contributed by atoms with Crippen LogP contribution in [0.1, 0.15) is 24.1 Å². The summed E-state index contributed by atoms with van der Waals surface area (Å²) >= 11 is 6.02. The van der Waals surface area contributed by atoms with Crippen molar-refractivity contribution in [2.45, 2.75) is 13.0 Å². The molecule has 2 aromatic rings. The van der Waals surface area contributed by atoms with Crippen LogP contribution in [0.2, 0.25) is 5.02 Å². The van der Waals surface area contributed by atoms with Crippen LogP contribution in [-0.2, 0) is 9.53 Å². The van der Waals surface area contributed by atoms with Gasteiger partial charge in [-0.2, -0.15) is 0 Å². The van der Waals surface area contributed by atoms with Gasteiger partial charge in [0.25, 0.3) is 0 Å². The standard InChI is InChI=1S/C24H28ClFN2O4/c1-3-32-22-9-7-17(15-23(22)30-2)21(28-11-13-31-14-12-28)16-27-24(29)10-8-18-19(25)5-4-6-20(18)26/h4-10,15,21H,3,11-14,16H2,1-2H3,(H,27,29)/b10-8+. The Balaban J connectivity index is 1.75. The fraction of sp³-hybridized carbons (Fsp3) is 0.375. The minimum absolute atomic E-state index is 0.0853. The van der Waals surface area contributed by atoms with Crippen LogP contribution in [0.15, 0.2) is 42.5 Å². The summed E-state index contributed by atoms with van der Waals surface area (Å²) in [6.07, 6.45) is 2.68. The number of ether oxygens (including phenoxy) is 3. The molecule has 1 heterocycles. The number of nitrogens with zero attached hydrogens (tertiary/aromatic N) is 1. The first kappa shape index (κ1) is 24.0. The van der Waals surface area contributed by atoms with Gasteiger partial charge in [-0.15, -0.1) is 0 Å². The lowest BCUT2D eigenvalue weighted by molar-refractivity contribution is -0.116. The molecule has 2 aromatic carbocycles. The Morgan fingerprint density at radius 2 is 2.06 bits per heavy atom. The fourth-order valence-electron chi connectivity index (χ4n) is 3.60. The van der Waals surface area contributed by atoms with Crippen molar-refractivity contribution in [3.05, 3.63) is 64.4 Å². The Morgan fingerprint density at radius 1 is 1.28 bits per heavy atom. The molecule has 1 unspecified atom stereocenters. The molecule has 1 aliphatic rings. The monoisotopic (exact) mass is 462 g/mol. The molecule has 172 valence electrons. The van der Waals surface area contributed by atoms with Gasteiger partial charge in [0.2, 0.25) is 5.91 Å². The molecule has 3 rings (SSSR count). The molecule has 1 atom stereocenters. The summed E-state index contributed by atoms with van der Waals surface area (Å²) in [5, 5.41) is 3.17. The lowest BCUT2D eigenvalue weighted by atomic mass is 10.0. The molecule has 0 aliphatic carbocycles. The number of amides is 1. The second-order valence-electron chi connectivity index (χ2n) is 7.22. The number of methoxy groups -OCH3 is 1. The number of nitrogens with one attached hydrogen (secondary N) is 1. The van der Waals surface area contributed by atoms with Gasteiger partial charge in [0, 0.05) is 31.3 Å². The molecule has 8 heteroatoms. The van der Waals surface area contributed by atoms with E-state index in [0.29, 0.717) is 37.9 Å². The minimum atomic E-state index is -0.478. The highest BCUT2D eigenvalue weighted by Gasteiger charge is 2.24. The third kappa shape index (κ3) is 6.22. The number of morpholine rings is 1. The fourth-order valence-corrected chi connectivity index (χ4v) is 3.82. The van der Waals surface area contributed by atoms with Crippen molar-refractivity contribution in [3.8, 4) is 11.5 Å². The summed E-state index contributed by atoms with van der Waals surface area (Å²) in [5.74, 6) is 0.506. The van der Waals surface area contributed by atoms with E-state index < -0.39 is 5.82 Å². The minimum Gasteiger partial charge on any atom is -0.493 e. The topological polar surface area (TPSA) is 60.0 Å². The Hall–Kier alpha value is -2.61. The average molecular weight is 463 g/mol. The number of carbonyl (C=O) groups is 1. The van der Waals surface area contributed by atoms with Gasteiger partial charge in [-0.1, -0.05) is 23.7 Å². The van der Waals surface area contributed by atoms with Crippen LogP contribution >= 0.6 is 11.6 Å². The van der Waals surface area contributed by atoms with Crippen molar-refractivity contribution in [2.75, 3.05) is 46.6 Å². The first-order chi connectivity index (χ1) is 15.5. The Labute approximate surface area is 192 Å². The molecule has 1 fully saturated rings. The van der Waals surface area contributed by atoms with E-state index in [4.69, 9.17) is 25.8 Å². The SMILES string of the molecule is CCOc1ccc(C(CNC(=O)/C=C/c2c(F)cccc2Cl)N2CCOCC2)cc1OC. The third-order valence-corrected chi connectivity index (χ3v) is 5.56. The van der Waals surface area contributed by atoms with E-state index in [-0.39, 0.29) is 22.5 Å². The van der Waals surface area contributed by atoms with Gasteiger partial charge < -0.3 is 19.5 Å². The van der Waals surface area contributed by atoms with Gasteiger partial charge in [0.15, 0.2) is 11.5 Å². The molecule has 1 aliphatic heterocycles. The molecule has 1 saturated heterocycles. The van der Waals surface area contributed by atoms with Gasteiger partial charge in [-0.25, -0.2) is 4.39 Å². The van der Waals surface area contributed by atoms with E-state index in [1.807, 2.05) is 25.1 Å². The molecule has 32 heavy (non-hydrogen) atoms. The number of halogens is 2. The third-order valence-electron chi connectivity index (χ3n) is 5.23. The van der Waals surface area contributed by atoms with Crippen molar-refractivity contribution in [1.29, 1.82) is 0 Å². The molecule has 0 saturated carbocycles. The van der Waals surface area contributed by atoms with Crippen molar-refractivity contribution < 1.29 is 23.4 Å². The number of carbonyl (C=O) groups excluding carboxylic acids is 1. The summed E-state index contributed by atoms with van der Waals surface area (Å²) in [6.45, 7) is 5.58. The number of rotatable bonds is 9. The Morgan fingerprint density at radius 3 is 2.75 bits per heavy atom. The average Bonchev–Trinajstić information content (AvgIpc) is 2.80. The van der Waals surface area contributed by atoms with Crippen LogP contribution in [0.3, 0.4) is 0 Å². The molecule has 0 aromatic heterocycles. The second-order valence-corrected chi connectivity index (χ2v) is 7.63. The normalized spacial score (nSPS) is 15.5. The van der Waals surface area contributed by atoms with Crippen molar-refractivity contribution in [2.24, 2.45) is 0 Å². The van der Waals surface area contributed by atoms with Crippen LogP contribution in [0.25, 0.3) is 6.08 Å². The molecule has 0 radical (unpaired) electrons. The molecule has 6 nitrogen and oxygen atoms in total. The molecule has 1 N–H and O–H groups in total. The van der Waals surface area contributed by atoms with Crippen LogP contribution in [0.4, 0.5) is 4.39 Å². The summed E-state index contributed by atoms with van der Waals surface area (Å²) < 4.78 is 30.5. The molecule has 0 spiro atoms. The van der Waals surface area contributed by atoms with Gasteiger partial charge in [0.1, 0.15) is 5.82 Å². The maximum absolute atomic E-state index is 13.9. The quantitative estimate of drug-likeness (QED) is 0.569. The lowest BCUT2D eigenvalue weighted by Crippen LogP contribution is -2.43. The molecule has 1 amide bonds. The summed E-state index contributed by atoms with van der Waals surface area (Å²) in [6, 6.07) is 10.1. The number of hydrogen-bond acceptors (Lipinski definition) is 5. The van der Waals surface area contributed by atoms with Crippen molar-refractivity contribution in [3.63, 3.8) is 0 Å². The number of hydrogen-bond donors (Lipinski definition) is 1. The van der Waals surface area contributed by atoms with E-state index in [1.165, 1.54) is 24.3 Å². The van der Waals surface area contributed by atoms with Crippen LogP contribution < -0.4 is 14.8 Å².